The molecule has 1 aliphatic carbocycles. The van der Waals surface area contributed by atoms with Gasteiger partial charge in [-0.15, -0.1) is 0 Å². The number of anilines is 1. The number of aromatic nitrogens is 3. The van der Waals surface area contributed by atoms with Crippen LogP contribution >= 0.6 is 11.6 Å². The van der Waals surface area contributed by atoms with Crippen LogP contribution in [0.4, 0.5) is 10.2 Å². The highest BCUT2D eigenvalue weighted by molar-refractivity contribution is 6.76. The predicted molar refractivity (Wildman–Crippen MR) is 169 cm³/mol. The maximum atomic E-state index is 15.4. The highest BCUT2D eigenvalue weighted by Gasteiger charge is 2.49. The number of aliphatic hydroxyl groups is 2. The largest absolute Gasteiger partial charge is 0.491 e. The van der Waals surface area contributed by atoms with E-state index in [0.29, 0.717) is 52.8 Å². The van der Waals surface area contributed by atoms with Crippen molar-refractivity contribution < 1.29 is 38.3 Å². The van der Waals surface area contributed by atoms with Crippen LogP contribution in [0.25, 0.3) is 11.2 Å². The summed E-state index contributed by atoms with van der Waals surface area (Å²) in [6.07, 6.45) is -0.726. The number of rotatable bonds is 12. The first-order valence-corrected chi connectivity index (χ1v) is 19.5. The van der Waals surface area contributed by atoms with Crippen LogP contribution in [0.2, 0.25) is 30.7 Å². The molecule has 3 aromatic rings. The zero-order chi connectivity index (χ0) is 32.1. The lowest BCUT2D eigenvalue weighted by Gasteiger charge is -2.20. The first-order valence-electron chi connectivity index (χ1n) is 15.4. The average molecular weight is 665 g/mol. The van der Waals surface area contributed by atoms with Crippen LogP contribution in [0.15, 0.2) is 18.2 Å². The number of hydrogen-bond donors (Lipinski definition) is 3. The number of aryl methyl sites for hydroxylation is 1. The Morgan fingerprint density at radius 3 is 2.69 bits per heavy atom. The van der Waals surface area contributed by atoms with E-state index in [1.165, 1.54) is 6.07 Å². The van der Waals surface area contributed by atoms with Crippen LogP contribution in [0, 0.1) is 5.82 Å². The number of fused-ring (bicyclic) bond motifs is 3. The summed E-state index contributed by atoms with van der Waals surface area (Å²) in [5.41, 5.74) is 1.37. The summed E-state index contributed by atoms with van der Waals surface area (Å²) in [6, 6.07) is 5.80. The summed E-state index contributed by atoms with van der Waals surface area (Å²) in [6.45, 7) is 11.4. The highest BCUT2D eigenvalue weighted by Crippen LogP contribution is 2.40. The number of hydrogen-bond acceptors (Lipinski definition) is 10. The third-order valence-corrected chi connectivity index (χ3v) is 10.2. The number of aliphatic hydroxyl groups excluding tert-OH is 1. The van der Waals surface area contributed by atoms with Crippen molar-refractivity contribution in [2.45, 2.75) is 95.2 Å². The van der Waals surface area contributed by atoms with Crippen molar-refractivity contribution in [2.24, 2.45) is 0 Å². The van der Waals surface area contributed by atoms with Crippen molar-refractivity contribution in [2.75, 3.05) is 31.7 Å². The number of ether oxygens (including phenoxy) is 5. The van der Waals surface area contributed by atoms with Crippen molar-refractivity contribution in [3.8, 4) is 11.8 Å². The molecule has 2 saturated heterocycles. The molecule has 0 bridgehead atoms. The third kappa shape index (κ3) is 7.24. The molecule has 2 aliphatic heterocycles. The minimum Gasteiger partial charge on any atom is -0.491 e. The van der Waals surface area contributed by atoms with Gasteiger partial charge in [-0.2, -0.15) is 4.98 Å². The minimum absolute atomic E-state index is 0.0532. The Balaban J connectivity index is 1.26. The molecular weight excluding hydrogens is 623 g/mol. The van der Waals surface area contributed by atoms with Gasteiger partial charge in [-0.25, -0.2) is 9.37 Å². The molecule has 14 heteroatoms. The Kier molecular flexibility index (Phi) is 9.07. The maximum Gasteiger partial charge on any atom is 0.301 e. The SMILES string of the molecule is CC(C)(O)COc1cc(F)c2c(c1)CCC2Nc1nc2c(cc1Cl)nc(O[C@@H]1CO[C@H]3[C@@H]1OC[C@H]3O)n2COCC[Si](C)(C)C. The molecule has 2 aromatic heterocycles. The molecule has 3 aliphatic rings. The zero-order valence-electron chi connectivity index (χ0n) is 26.3. The Labute approximate surface area is 268 Å². The molecule has 2 fully saturated rings. The summed E-state index contributed by atoms with van der Waals surface area (Å²) < 4.78 is 46.7. The second-order valence-corrected chi connectivity index (χ2v) is 20.0. The van der Waals surface area contributed by atoms with Crippen molar-refractivity contribution in [1.82, 2.24) is 14.5 Å². The normalized spacial score (nSPS) is 24.7. The molecule has 1 unspecified atom stereocenters. The van der Waals surface area contributed by atoms with Gasteiger partial charge >= 0.3 is 6.01 Å². The van der Waals surface area contributed by atoms with E-state index in [1.54, 1.807) is 24.5 Å². The Hall–Kier alpha value is -2.52. The molecule has 4 heterocycles. The molecule has 0 saturated carbocycles. The van der Waals surface area contributed by atoms with Gasteiger partial charge in [0.2, 0.25) is 0 Å². The smallest absolute Gasteiger partial charge is 0.301 e. The number of nitrogens with zero attached hydrogens (tertiary/aromatic N) is 3. The molecule has 1 aromatic carbocycles. The van der Waals surface area contributed by atoms with Crippen molar-refractivity contribution in [1.29, 1.82) is 0 Å². The lowest BCUT2D eigenvalue weighted by molar-refractivity contribution is 0.00336. The van der Waals surface area contributed by atoms with Gasteiger partial charge in [-0.05, 0) is 50.4 Å². The second-order valence-electron chi connectivity index (χ2n) is 14.0. The van der Waals surface area contributed by atoms with Gasteiger partial charge in [-0.1, -0.05) is 31.2 Å². The molecule has 45 heavy (non-hydrogen) atoms. The van der Waals surface area contributed by atoms with Crippen LogP contribution in [0.5, 0.6) is 11.8 Å². The fourth-order valence-corrected chi connectivity index (χ4v) is 6.82. The molecule has 3 N–H and O–H groups in total. The van der Waals surface area contributed by atoms with Gasteiger partial charge in [-0.3, -0.25) is 4.57 Å². The van der Waals surface area contributed by atoms with E-state index in [9.17, 15) is 10.2 Å². The van der Waals surface area contributed by atoms with Gasteiger partial charge < -0.3 is 39.2 Å². The van der Waals surface area contributed by atoms with Crippen LogP contribution in [0.3, 0.4) is 0 Å². The van der Waals surface area contributed by atoms with E-state index in [-0.39, 0.29) is 38.6 Å². The molecule has 0 spiro atoms. The van der Waals surface area contributed by atoms with Crippen molar-refractivity contribution >= 4 is 36.7 Å². The van der Waals surface area contributed by atoms with E-state index in [2.05, 4.69) is 25.0 Å². The third-order valence-electron chi connectivity index (χ3n) is 8.24. The number of nitrogens with one attached hydrogen (secondary N) is 1. The van der Waals surface area contributed by atoms with E-state index < -0.39 is 43.9 Å². The highest BCUT2D eigenvalue weighted by atomic mass is 35.5. The van der Waals surface area contributed by atoms with Crippen LogP contribution < -0.4 is 14.8 Å². The van der Waals surface area contributed by atoms with Crippen LogP contribution in [-0.4, -0.2) is 89.3 Å². The predicted octanol–water partition coefficient (Wildman–Crippen LogP) is 4.69. The minimum atomic E-state index is -1.32. The first kappa shape index (κ1) is 32.4. The summed E-state index contributed by atoms with van der Waals surface area (Å²) >= 11 is 6.71. The number of imidazole rings is 1. The monoisotopic (exact) mass is 664 g/mol. The summed E-state index contributed by atoms with van der Waals surface area (Å²) in [7, 11) is -1.32. The Bertz CT molecular complexity index is 1550. The molecular formula is C31H42ClFN4O7Si. The molecule has 0 amide bonds. The standard InChI is InChI=1S/C31H42ClFN4O7Si/c1-31(2,39)15-43-18-10-17-6-7-21(25(17)20(33)11-18)34-28-19(32)12-22-29(36-28)37(16-40-8-9-45(3,4)5)30(35-22)44-24-14-42-26-23(38)13-41-27(24)26/h10-12,21,23-24,26-27,38-39H,6-9,13-16H2,1-5H3,(H,34,36)/t21?,23-,24-,26-,27-/m1/s1. The van der Waals surface area contributed by atoms with Gasteiger partial charge in [0, 0.05) is 26.3 Å². The first-order chi connectivity index (χ1) is 21.3. The number of pyridine rings is 1. The van der Waals surface area contributed by atoms with Crippen LogP contribution in [-0.2, 0) is 27.4 Å². The quantitative estimate of drug-likeness (QED) is 0.185. The molecule has 246 valence electrons. The maximum absolute atomic E-state index is 15.4. The van der Waals surface area contributed by atoms with Crippen molar-refractivity contribution in [3.63, 3.8) is 0 Å². The van der Waals surface area contributed by atoms with Crippen molar-refractivity contribution in [3.05, 3.63) is 40.2 Å². The van der Waals surface area contributed by atoms with Gasteiger partial charge in [0.15, 0.2) is 11.8 Å². The van der Waals surface area contributed by atoms with Gasteiger partial charge in [0.05, 0.1) is 29.9 Å². The summed E-state index contributed by atoms with van der Waals surface area (Å²) in [5, 5.41) is 23.9. The lowest BCUT2D eigenvalue weighted by Crippen LogP contribution is -2.35. The average Bonchev–Trinajstić information content (AvgIpc) is 3.71. The summed E-state index contributed by atoms with van der Waals surface area (Å²) in [4.78, 5) is 9.54. The van der Waals surface area contributed by atoms with E-state index in [4.69, 9.17) is 45.3 Å². The lowest BCUT2D eigenvalue weighted by atomic mass is 10.1. The Morgan fingerprint density at radius 1 is 1.16 bits per heavy atom. The Morgan fingerprint density at radius 2 is 1.93 bits per heavy atom. The van der Waals surface area contributed by atoms with Crippen LogP contribution in [0.1, 0.15) is 37.4 Å². The fraction of sp³-hybridized carbons (Fsp3) is 0.613. The van der Waals surface area contributed by atoms with E-state index >= 15 is 4.39 Å². The van der Waals surface area contributed by atoms with E-state index in [0.717, 1.165) is 11.6 Å². The molecule has 0 radical (unpaired) electrons. The topological polar surface area (TPSA) is 129 Å². The van der Waals surface area contributed by atoms with Gasteiger partial charge in [0.25, 0.3) is 0 Å². The fourth-order valence-electron chi connectivity index (χ4n) is 5.87. The molecule has 6 rings (SSSR count). The van der Waals surface area contributed by atoms with Gasteiger partial charge in [0.1, 0.15) is 54.6 Å². The molecule has 11 nitrogen and oxygen atoms in total. The van der Waals surface area contributed by atoms with E-state index in [1.807, 2.05) is 6.07 Å². The second kappa shape index (κ2) is 12.6. The number of halogens is 2. The summed E-state index contributed by atoms with van der Waals surface area (Å²) in [5.74, 6) is 0.386. The zero-order valence-corrected chi connectivity index (χ0v) is 28.1. The molecule has 5 atom stereocenters. The number of benzene rings is 1.